The smallest absolute Gasteiger partial charge is 0.229 e. The van der Waals surface area contributed by atoms with Crippen molar-refractivity contribution < 1.29 is 13.5 Å². The van der Waals surface area contributed by atoms with Crippen LogP contribution in [0.4, 0.5) is 5.69 Å². The molecule has 5 nitrogen and oxygen atoms in total. The maximum absolute atomic E-state index is 11.0. The maximum atomic E-state index is 11.0. The lowest BCUT2D eigenvalue weighted by Gasteiger charge is -2.14. The van der Waals surface area contributed by atoms with Gasteiger partial charge in [0.25, 0.3) is 0 Å². The Balaban J connectivity index is 2.95. The minimum atomic E-state index is -3.27. The van der Waals surface area contributed by atoms with E-state index in [1.165, 1.54) is 0 Å². The second-order valence-electron chi connectivity index (χ2n) is 3.52. The summed E-state index contributed by atoms with van der Waals surface area (Å²) >= 11 is 0. The summed E-state index contributed by atoms with van der Waals surface area (Å²) in [5.74, 6) is 0. The van der Waals surface area contributed by atoms with Gasteiger partial charge >= 0.3 is 0 Å². The van der Waals surface area contributed by atoms with Gasteiger partial charge in [0.05, 0.1) is 18.9 Å². The fraction of sp³-hybridized carbons (Fsp3) is 0.400. The molecule has 0 aliphatic heterocycles. The highest BCUT2D eigenvalue weighted by atomic mass is 32.2. The average Bonchev–Trinajstić information content (AvgIpc) is 2.17. The molecule has 3 N–H and O–H groups in total. The Kier molecular flexibility index (Phi) is 4.28. The zero-order valence-corrected chi connectivity index (χ0v) is 10.1. The van der Waals surface area contributed by atoms with Gasteiger partial charge in [-0.05, 0) is 24.7 Å². The molecular weight excluding hydrogens is 228 g/mol. The molecule has 1 atom stereocenters. The number of hydrogen-bond donors (Lipinski definition) is 3. The highest BCUT2D eigenvalue weighted by Crippen LogP contribution is 2.17. The van der Waals surface area contributed by atoms with E-state index in [9.17, 15) is 8.42 Å². The first kappa shape index (κ1) is 13.0. The van der Waals surface area contributed by atoms with Gasteiger partial charge in [-0.2, -0.15) is 0 Å². The molecule has 0 spiro atoms. The standard InChI is InChI=1S/C10H16N2O3S/c1-11-10(7-13)8-4-3-5-9(6-8)12-16(2,14)15/h3-6,10-13H,7H2,1-2H3/t10-/m0/s1. The number of likely N-dealkylation sites (N-methyl/N-ethyl adjacent to an activating group) is 1. The summed E-state index contributed by atoms with van der Waals surface area (Å²) in [6, 6.07) is 6.72. The average molecular weight is 244 g/mol. The van der Waals surface area contributed by atoms with Crippen LogP contribution >= 0.6 is 0 Å². The van der Waals surface area contributed by atoms with E-state index in [4.69, 9.17) is 5.11 Å². The molecule has 1 rings (SSSR count). The molecule has 1 aromatic carbocycles. The van der Waals surface area contributed by atoms with Crippen LogP contribution in [0.3, 0.4) is 0 Å². The minimum absolute atomic E-state index is 0.0428. The second kappa shape index (κ2) is 5.29. The lowest BCUT2D eigenvalue weighted by molar-refractivity contribution is 0.251. The topological polar surface area (TPSA) is 78.4 Å². The van der Waals surface area contributed by atoms with Crippen LogP contribution in [-0.2, 0) is 10.0 Å². The fourth-order valence-corrected chi connectivity index (χ4v) is 1.95. The van der Waals surface area contributed by atoms with Crippen molar-refractivity contribution in [2.75, 3.05) is 24.6 Å². The van der Waals surface area contributed by atoms with E-state index in [-0.39, 0.29) is 12.6 Å². The highest BCUT2D eigenvalue weighted by molar-refractivity contribution is 7.92. The van der Waals surface area contributed by atoms with E-state index >= 15 is 0 Å². The van der Waals surface area contributed by atoms with E-state index < -0.39 is 10.0 Å². The summed E-state index contributed by atoms with van der Waals surface area (Å²) < 4.78 is 24.5. The number of aliphatic hydroxyl groups excluding tert-OH is 1. The number of nitrogens with one attached hydrogen (secondary N) is 2. The number of sulfonamides is 1. The van der Waals surface area contributed by atoms with Gasteiger partial charge < -0.3 is 10.4 Å². The van der Waals surface area contributed by atoms with Crippen LogP contribution < -0.4 is 10.0 Å². The van der Waals surface area contributed by atoms with Crippen LogP contribution in [0.15, 0.2) is 24.3 Å². The lowest BCUT2D eigenvalue weighted by Crippen LogP contribution is -2.20. The van der Waals surface area contributed by atoms with Crippen molar-refractivity contribution in [1.29, 1.82) is 0 Å². The van der Waals surface area contributed by atoms with Crippen molar-refractivity contribution in [2.24, 2.45) is 0 Å². The third-order valence-electron chi connectivity index (χ3n) is 2.12. The number of anilines is 1. The van der Waals surface area contributed by atoms with Crippen LogP contribution in [0.25, 0.3) is 0 Å². The van der Waals surface area contributed by atoms with Crippen LogP contribution in [-0.4, -0.2) is 33.4 Å². The minimum Gasteiger partial charge on any atom is -0.394 e. The zero-order chi connectivity index (χ0) is 12.2. The van der Waals surface area contributed by atoms with Crippen molar-refractivity contribution in [1.82, 2.24) is 5.32 Å². The molecule has 0 aliphatic rings. The Bertz CT molecular complexity index is 441. The first-order chi connectivity index (χ1) is 7.46. The van der Waals surface area contributed by atoms with Crippen molar-refractivity contribution in [3.05, 3.63) is 29.8 Å². The van der Waals surface area contributed by atoms with Crippen molar-refractivity contribution in [2.45, 2.75) is 6.04 Å². The predicted octanol–water partition coefficient (Wildman–Crippen LogP) is 0.311. The number of benzene rings is 1. The molecule has 90 valence electrons. The van der Waals surface area contributed by atoms with E-state index in [0.29, 0.717) is 5.69 Å². The molecule has 0 saturated carbocycles. The molecule has 0 aromatic heterocycles. The number of rotatable bonds is 5. The summed E-state index contributed by atoms with van der Waals surface area (Å²) in [4.78, 5) is 0. The molecule has 0 bridgehead atoms. The molecule has 0 heterocycles. The summed E-state index contributed by atoms with van der Waals surface area (Å²) in [7, 11) is -1.53. The van der Waals surface area contributed by atoms with Crippen LogP contribution in [0.5, 0.6) is 0 Å². The molecule has 0 radical (unpaired) electrons. The summed E-state index contributed by atoms with van der Waals surface area (Å²) in [6.45, 7) is -0.0428. The summed E-state index contributed by atoms with van der Waals surface area (Å²) in [5.41, 5.74) is 1.33. The Morgan fingerprint density at radius 1 is 1.44 bits per heavy atom. The Hall–Kier alpha value is -1.11. The van der Waals surface area contributed by atoms with E-state index in [1.54, 1.807) is 25.2 Å². The quantitative estimate of drug-likeness (QED) is 0.696. The molecule has 0 unspecified atom stereocenters. The molecule has 1 aromatic rings. The molecule has 16 heavy (non-hydrogen) atoms. The molecule has 0 amide bonds. The van der Waals surface area contributed by atoms with Crippen LogP contribution in [0, 0.1) is 0 Å². The molecular formula is C10H16N2O3S. The lowest BCUT2D eigenvalue weighted by atomic mass is 10.1. The fourth-order valence-electron chi connectivity index (χ4n) is 1.40. The monoisotopic (exact) mass is 244 g/mol. The van der Waals surface area contributed by atoms with Gasteiger partial charge in [-0.3, -0.25) is 4.72 Å². The third-order valence-corrected chi connectivity index (χ3v) is 2.73. The van der Waals surface area contributed by atoms with Gasteiger partial charge in [0.1, 0.15) is 0 Å². The van der Waals surface area contributed by atoms with Crippen molar-refractivity contribution in [3.63, 3.8) is 0 Å². The van der Waals surface area contributed by atoms with Gasteiger partial charge in [0.2, 0.25) is 10.0 Å². The Labute approximate surface area is 95.5 Å². The predicted molar refractivity (Wildman–Crippen MR) is 63.8 cm³/mol. The zero-order valence-electron chi connectivity index (χ0n) is 9.27. The second-order valence-corrected chi connectivity index (χ2v) is 5.27. The van der Waals surface area contributed by atoms with Crippen molar-refractivity contribution >= 4 is 15.7 Å². The Morgan fingerprint density at radius 2 is 2.12 bits per heavy atom. The normalized spacial score (nSPS) is 13.4. The Morgan fingerprint density at radius 3 is 2.62 bits per heavy atom. The van der Waals surface area contributed by atoms with Gasteiger partial charge in [-0.15, -0.1) is 0 Å². The molecule has 0 saturated heterocycles. The van der Waals surface area contributed by atoms with Crippen LogP contribution in [0.2, 0.25) is 0 Å². The van der Waals surface area contributed by atoms with E-state index in [1.807, 2.05) is 6.07 Å². The highest BCUT2D eigenvalue weighted by Gasteiger charge is 2.09. The first-order valence-electron chi connectivity index (χ1n) is 4.82. The van der Waals surface area contributed by atoms with Gasteiger partial charge in [-0.25, -0.2) is 8.42 Å². The van der Waals surface area contributed by atoms with Crippen molar-refractivity contribution in [3.8, 4) is 0 Å². The van der Waals surface area contributed by atoms with Gasteiger partial charge in [0.15, 0.2) is 0 Å². The van der Waals surface area contributed by atoms with Gasteiger partial charge in [0, 0.05) is 5.69 Å². The first-order valence-corrected chi connectivity index (χ1v) is 6.71. The molecule has 0 aliphatic carbocycles. The summed E-state index contributed by atoms with van der Waals surface area (Å²) in [5, 5.41) is 12.0. The van der Waals surface area contributed by atoms with Gasteiger partial charge in [-0.1, -0.05) is 12.1 Å². The molecule has 0 fully saturated rings. The maximum Gasteiger partial charge on any atom is 0.229 e. The molecule has 6 heteroatoms. The number of aliphatic hydroxyl groups is 1. The van der Waals surface area contributed by atoms with E-state index in [0.717, 1.165) is 11.8 Å². The van der Waals surface area contributed by atoms with E-state index in [2.05, 4.69) is 10.0 Å². The SMILES string of the molecule is CN[C@@H](CO)c1cccc(NS(C)(=O)=O)c1. The summed E-state index contributed by atoms with van der Waals surface area (Å²) in [6.07, 6.45) is 1.10. The van der Waals surface area contributed by atoms with Crippen LogP contribution in [0.1, 0.15) is 11.6 Å². The number of hydrogen-bond acceptors (Lipinski definition) is 4. The third kappa shape index (κ3) is 3.80. The largest absolute Gasteiger partial charge is 0.394 e.